The Bertz CT molecular complexity index is 820. The zero-order chi connectivity index (χ0) is 20.2. The standard InChI is InChI=1S/C22H28N2O3/c1-14-7-12-19(23-16(3)25)20(13-14)24-21(26)15(2)27-18-10-8-17(9-11-18)22(4,5)6/h7-13,15H,1-6H3,(H,23,25)(H,24,26). The van der Waals surface area contributed by atoms with Crippen LogP contribution in [0.25, 0.3) is 0 Å². The minimum Gasteiger partial charge on any atom is -0.481 e. The monoisotopic (exact) mass is 368 g/mol. The predicted octanol–water partition coefficient (Wildman–Crippen LogP) is 4.66. The highest BCUT2D eigenvalue weighted by Crippen LogP contribution is 2.26. The molecule has 0 spiro atoms. The number of amides is 2. The molecule has 144 valence electrons. The summed E-state index contributed by atoms with van der Waals surface area (Å²) in [7, 11) is 0. The van der Waals surface area contributed by atoms with E-state index in [1.54, 1.807) is 13.0 Å². The van der Waals surface area contributed by atoms with Gasteiger partial charge in [-0.15, -0.1) is 0 Å². The molecule has 2 amide bonds. The quantitative estimate of drug-likeness (QED) is 0.807. The second-order valence-corrected chi connectivity index (χ2v) is 7.75. The van der Waals surface area contributed by atoms with E-state index in [2.05, 4.69) is 31.4 Å². The number of carbonyl (C=O) groups excluding carboxylic acids is 2. The Morgan fingerprint density at radius 2 is 1.59 bits per heavy atom. The van der Waals surface area contributed by atoms with Crippen molar-refractivity contribution in [2.24, 2.45) is 0 Å². The molecular weight excluding hydrogens is 340 g/mol. The highest BCUT2D eigenvalue weighted by molar-refractivity contribution is 6.00. The zero-order valence-corrected chi connectivity index (χ0v) is 16.8. The molecule has 0 saturated heterocycles. The highest BCUT2D eigenvalue weighted by Gasteiger charge is 2.18. The minimum atomic E-state index is -0.684. The van der Waals surface area contributed by atoms with Crippen LogP contribution in [-0.2, 0) is 15.0 Å². The van der Waals surface area contributed by atoms with Gasteiger partial charge in [-0.05, 0) is 54.7 Å². The van der Waals surface area contributed by atoms with Crippen molar-refractivity contribution in [2.45, 2.75) is 53.1 Å². The molecule has 0 aliphatic rings. The van der Waals surface area contributed by atoms with Crippen molar-refractivity contribution in [2.75, 3.05) is 10.6 Å². The number of aryl methyl sites for hydroxylation is 1. The third kappa shape index (κ3) is 5.84. The van der Waals surface area contributed by atoms with Gasteiger partial charge in [0.1, 0.15) is 5.75 Å². The number of ether oxygens (including phenoxy) is 1. The maximum Gasteiger partial charge on any atom is 0.265 e. The third-order valence-electron chi connectivity index (χ3n) is 4.15. The Morgan fingerprint density at radius 3 is 2.15 bits per heavy atom. The Balaban J connectivity index is 2.08. The van der Waals surface area contributed by atoms with Crippen molar-refractivity contribution in [1.29, 1.82) is 0 Å². The number of rotatable bonds is 5. The van der Waals surface area contributed by atoms with Crippen LogP contribution in [0.2, 0.25) is 0 Å². The van der Waals surface area contributed by atoms with Gasteiger partial charge in [0, 0.05) is 6.92 Å². The van der Waals surface area contributed by atoms with Crippen LogP contribution >= 0.6 is 0 Å². The molecule has 0 radical (unpaired) electrons. The third-order valence-corrected chi connectivity index (χ3v) is 4.15. The first-order chi connectivity index (χ1) is 12.6. The fourth-order valence-electron chi connectivity index (χ4n) is 2.59. The van der Waals surface area contributed by atoms with Crippen molar-refractivity contribution in [1.82, 2.24) is 0 Å². The molecule has 0 saturated carbocycles. The normalized spacial score (nSPS) is 12.2. The van der Waals surface area contributed by atoms with E-state index in [1.807, 2.05) is 43.3 Å². The molecule has 2 aromatic rings. The largest absolute Gasteiger partial charge is 0.481 e. The Kier molecular flexibility index (Phi) is 6.26. The number of carbonyl (C=O) groups is 2. The molecule has 0 heterocycles. The van der Waals surface area contributed by atoms with Gasteiger partial charge in [-0.2, -0.15) is 0 Å². The lowest BCUT2D eigenvalue weighted by atomic mass is 9.87. The summed E-state index contributed by atoms with van der Waals surface area (Å²) in [5.74, 6) is 0.154. The van der Waals surface area contributed by atoms with Gasteiger partial charge in [-0.25, -0.2) is 0 Å². The van der Waals surface area contributed by atoms with Crippen LogP contribution in [0.15, 0.2) is 42.5 Å². The van der Waals surface area contributed by atoms with Gasteiger partial charge in [0.05, 0.1) is 11.4 Å². The molecule has 0 aliphatic heterocycles. The number of hydrogen-bond donors (Lipinski definition) is 2. The molecule has 1 unspecified atom stereocenters. The molecule has 2 aromatic carbocycles. The van der Waals surface area contributed by atoms with Crippen LogP contribution in [0.3, 0.4) is 0 Å². The lowest BCUT2D eigenvalue weighted by molar-refractivity contribution is -0.122. The topological polar surface area (TPSA) is 67.4 Å². The summed E-state index contributed by atoms with van der Waals surface area (Å²) in [6.07, 6.45) is -0.684. The summed E-state index contributed by atoms with van der Waals surface area (Å²) in [5, 5.41) is 5.55. The van der Waals surface area contributed by atoms with Gasteiger partial charge in [0.2, 0.25) is 5.91 Å². The van der Waals surface area contributed by atoms with E-state index in [0.29, 0.717) is 17.1 Å². The van der Waals surface area contributed by atoms with Crippen molar-refractivity contribution in [3.8, 4) is 5.75 Å². The van der Waals surface area contributed by atoms with Gasteiger partial charge >= 0.3 is 0 Å². The molecule has 0 aliphatic carbocycles. The zero-order valence-electron chi connectivity index (χ0n) is 16.8. The smallest absolute Gasteiger partial charge is 0.265 e. The van der Waals surface area contributed by atoms with Crippen molar-refractivity contribution >= 4 is 23.2 Å². The molecule has 1 atom stereocenters. The van der Waals surface area contributed by atoms with E-state index < -0.39 is 6.10 Å². The first-order valence-corrected chi connectivity index (χ1v) is 9.02. The summed E-state index contributed by atoms with van der Waals surface area (Å²) in [4.78, 5) is 23.9. The van der Waals surface area contributed by atoms with E-state index in [4.69, 9.17) is 4.74 Å². The van der Waals surface area contributed by atoms with Gasteiger partial charge < -0.3 is 15.4 Å². The first-order valence-electron chi connectivity index (χ1n) is 9.02. The summed E-state index contributed by atoms with van der Waals surface area (Å²) >= 11 is 0. The molecule has 2 rings (SSSR count). The molecule has 2 N–H and O–H groups in total. The van der Waals surface area contributed by atoms with Crippen molar-refractivity contribution < 1.29 is 14.3 Å². The number of anilines is 2. The minimum absolute atomic E-state index is 0.0623. The average Bonchev–Trinajstić information content (AvgIpc) is 2.56. The van der Waals surface area contributed by atoms with Crippen LogP contribution in [0.4, 0.5) is 11.4 Å². The molecule has 0 aromatic heterocycles. The maximum atomic E-state index is 12.5. The van der Waals surface area contributed by atoms with Gasteiger partial charge in [0.25, 0.3) is 5.91 Å². The highest BCUT2D eigenvalue weighted by atomic mass is 16.5. The van der Waals surface area contributed by atoms with E-state index >= 15 is 0 Å². The second-order valence-electron chi connectivity index (χ2n) is 7.75. The van der Waals surface area contributed by atoms with Crippen LogP contribution in [0.5, 0.6) is 5.75 Å². The molecule has 0 fully saturated rings. The predicted molar refractivity (Wildman–Crippen MR) is 109 cm³/mol. The Labute approximate surface area is 161 Å². The summed E-state index contributed by atoms with van der Waals surface area (Å²) in [6.45, 7) is 11.5. The van der Waals surface area contributed by atoms with Gasteiger partial charge in [0.15, 0.2) is 6.10 Å². The fourth-order valence-corrected chi connectivity index (χ4v) is 2.59. The molecule has 27 heavy (non-hydrogen) atoms. The van der Waals surface area contributed by atoms with E-state index in [1.165, 1.54) is 12.5 Å². The molecular formula is C22H28N2O3. The van der Waals surface area contributed by atoms with Crippen LogP contribution in [0.1, 0.15) is 45.7 Å². The van der Waals surface area contributed by atoms with Gasteiger partial charge in [-0.1, -0.05) is 39.0 Å². The van der Waals surface area contributed by atoms with E-state index in [0.717, 1.165) is 5.56 Å². The lowest BCUT2D eigenvalue weighted by Crippen LogP contribution is -2.30. The molecule has 0 bridgehead atoms. The Hall–Kier alpha value is -2.82. The summed E-state index contributed by atoms with van der Waals surface area (Å²) < 4.78 is 5.77. The maximum absolute atomic E-state index is 12.5. The number of nitrogens with one attached hydrogen (secondary N) is 2. The van der Waals surface area contributed by atoms with Crippen LogP contribution < -0.4 is 15.4 Å². The van der Waals surface area contributed by atoms with Crippen molar-refractivity contribution in [3.63, 3.8) is 0 Å². The lowest BCUT2D eigenvalue weighted by Gasteiger charge is -2.20. The molecule has 5 heteroatoms. The summed E-state index contributed by atoms with van der Waals surface area (Å²) in [6, 6.07) is 13.2. The van der Waals surface area contributed by atoms with Crippen LogP contribution in [-0.4, -0.2) is 17.9 Å². The molecule has 5 nitrogen and oxygen atoms in total. The van der Waals surface area contributed by atoms with Crippen molar-refractivity contribution in [3.05, 3.63) is 53.6 Å². The first kappa shape index (κ1) is 20.5. The average molecular weight is 368 g/mol. The number of hydrogen-bond acceptors (Lipinski definition) is 3. The van der Waals surface area contributed by atoms with Crippen LogP contribution in [0, 0.1) is 6.92 Å². The summed E-state index contributed by atoms with van der Waals surface area (Å²) in [5.41, 5.74) is 3.35. The van der Waals surface area contributed by atoms with E-state index in [-0.39, 0.29) is 17.2 Å². The second kappa shape index (κ2) is 8.25. The number of benzene rings is 2. The van der Waals surface area contributed by atoms with E-state index in [9.17, 15) is 9.59 Å². The Morgan fingerprint density at radius 1 is 0.963 bits per heavy atom. The SMILES string of the molecule is CC(=O)Nc1ccc(C)cc1NC(=O)C(C)Oc1ccc(C(C)(C)C)cc1. The fraction of sp³-hybridized carbons (Fsp3) is 0.364. The van der Waals surface area contributed by atoms with Gasteiger partial charge in [-0.3, -0.25) is 9.59 Å².